The first-order valence-electron chi connectivity index (χ1n) is 5.59. The number of nitrogens with two attached hydrogens (primary N) is 1. The van der Waals surface area contributed by atoms with Gasteiger partial charge < -0.3 is 15.7 Å². The molecule has 1 rings (SSSR count). The molecule has 0 aromatic carbocycles. The van der Waals surface area contributed by atoms with Gasteiger partial charge in [0, 0.05) is 25.0 Å². The van der Waals surface area contributed by atoms with Gasteiger partial charge in [0.25, 0.3) is 0 Å². The largest absolute Gasteiger partial charge is 0.481 e. The first kappa shape index (κ1) is 13.0. The Hall–Kier alpha value is -1.10. The van der Waals surface area contributed by atoms with Crippen molar-refractivity contribution in [1.82, 2.24) is 4.90 Å². The van der Waals surface area contributed by atoms with Crippen LogP contribution in [0, 0.1) is 5.92 Å². The molecule has 0 spiro atoms. The molecular formula is C11H20N2O3. The van der Waals surface area contributed by atoms with E-state index in [0.717, 1.165) is 0 Å². The Morgan fingerprint density at radius 3 is 2.25 bits per heavy atom. The summed E-state index contributed by atoms with van der Waals surface area (Å²) in [6, 6.07) is 0. The fraction of sp³-hybridized carbons (Fsp3) is 0.818. The monoisotopic (exact) mass is 228 g/mol. The second-order valence-corrected chi connectivity index (χ2v) is 5.16. The van der Waals surface area contributed by atoms with Crippen LogP contribution in [0.5, 0.6) is 0 Å². The fourth-order valence-electron chi connectivity index (χ4n) is 1.88. The molecule has 1 amide bonds. The van der Waals surface area contributed by atoms with Crippen LogP contribution in [0.15, 0.2) is 0 Å². The summed E-state index contributed by atoms with van der Waals surface area (Å²) in [6.45, 7) is 4.70. The van der Waals surface area contributed by atoms with Gasteiger partial charge >= 0.3 is 5.97 Å². The van der Waals surface area contributed by atoms with E-state index in [4.69, 9.17) is 10.8 Å². The number of carbonyl (C=O) groups is 2. The summed E-state index contributed by atoms with van der Waals surface area (Å²) >= 11 is 0. The first-order valence-corrected chi connectivity index (χ1v) is 5.59. The van der Waals surface area contributed by atoms with E-state index >= 15 is 0 Å². The van der Waals surface area contributed by atoms with Crippen molar-refractivity contribution < 1.29 is 14.7 Å². The molecule has 1 saturated heterocycles. The Balaban J connectivity index is 2.42. The average molecular weight is 228 g/mol. The fourth-order valence-corrected chi connectivity index (χ4v) is 1.88. The van der Waals surface area contributed by atoms with Crippen LogP contribution >= 0.6 is 0 Å². The predicted octanol–water partition coefficient (Wildman–Crippen LogP) is 0.437. The van der Waals surface area contributed by atoms with Crippen LogP contribution in [0.4, 0.5) is 0 Å². The van der Waals surface area contributed by atoms with E-state index in [2.05, 4.69) is 0 Å². The van der Waals surface area contributed by atoms with Gasteiger partial charge in [-0.15, -0.1) is 0 Å². The Morgan fingerprint density at radius 2 is 1.88 bits per heavy atom. The molecule has 3 N–H and O–H groups in total. The zero-order valence-corrected chi connectivity index (χ0v) is 9.90. The van der Waals surface area contributed by atoms with Crippen LogP contribution in [0.1, 0.15) is 33.1 Å². The minimum absolute atomic E-state index is 0.0244. The van der Waals surface area contributed by atoms with Gasteiger partial charge in [0.15, 0.2) is 0 Å². The van der Waals surface area contributed by atoms with E-state index in [1.54, 1.807) is 4.90 Å². The molecule has 0 aliphatic carbocycles. The maximum absolute atomic E-state index is 11.8. The Bertz CT molecular complexity index is 275. The van der Waals surface area contributed by atoms with E-state index in [1.165, 1.54) is 0 Å². The molecule has 16 heavy (non-hydrogen) atoms. The lowest BCUT2D eigenvalue weighted by Crippen LogP contribution is -2.45. The first-order chi connectivity index (χ1) is 7.29. The summed E-state index contributed by atoms with van der Waals surface area (Å²) < 4.78 is 0. The van der Waals surface area contributed by atoms with Crippen molar-refractivity contribution in [1.29, 1.82) is 0 Å². The van der Waals surface area contributed by atoms with Crippen molar-refractivity contribution in [2.45, 2.75) is 38.6 Å². The number of hydrogen-bond donors (Lipinski definition) is 2. The lowest BCUT2D eigenvalue weighted by molar-refractivity contribution is -0.146. The number of carboxylic acid groups (broad SMARTS) is 1. The van der Waals surface area contributed by atoms with Crippen LogP contribution < -0.4 is 5.73 Å². The molecule has 0 atom stereocenters. The van der Waals surface area contributed by atoms with Crippen molar-refractivity contribution in [3.63, 3.8) is 0 Å². The van der Waals surface area contributed by atoms with Crippen LogP contribution in [0.25, 0.3) is 0 Å². The topological polar surface area (TPSA) is 83.6 Å². The van der Waals surface area contributed by atoms with Gasteiger partial charge in [-0.3, -0.25) is 9.59 Å². The number of carboxylic acids is 1. The number of carbonyl (C=O) groups excluding carboxylic acids is 1. The van der Waals surface area contributed by atoms with E-state index in [-0.39, 0.29) is 11.8 Å². The van der Waals surface area contributed by atoms with Gasteiger partial charge in [-0.05, 0) is 26.7 Å². The number of piperidine rings is 1. The molecule has 0 saturated carbocycles. The van der Waals surface area contributed by atoms with E-state index in [0.29, 0.717) is 32.4 Å². The van der Waals surface area contributed by atoms with Crippen molar-refractivity contribution >= 4 is 11.9 Å². The predicted molar refractivity (Wildman–Crippen MR) is 59.8 cm³/mol. The zero-order chi connectivity index (χ0) is 12.3. The van der Waals surface area contributed by atoms with E-state index in [9.17, 15) is 9.59 Å². The van der Waals surface area contributed by atoms with Gasteiger partial charge in [-0.2, -0.15) is 0 Å². The average Bonchev–Trinajstić information content (AvgIpc) is 2.15. The number of rotatable bonds is 3. The summed E-state index contributed by atoms with van der Waals surface area (Å²) in [4.78, 5) is 24.2. The molecule has 0 aromatic heterocycles. The number of nitrogens with zero attached hydrogens (tertiary/aromatic N) is 1. The van der Waals surface area contributed by atoms with E-state index < -0.39 is 11.5 Å². The molecule has 1 aliphatic heterocycles. The molecule has 0 unspecified atom stereocenters. The van der Waals surface area contributed by atoms with Gasteiger partial charge in [0.1, 0.15) is 0 Å². The highest BCUT2D eigenvalue weighted by Gasteiger charge is 2.28. The van der Waals surface area contributed by atoms with Crippen molar-refractivity contribution in [2.75, 3.05) is 13.1 Å². The highest BCUT2D eigenvalue weighted by molar-refractivity contribution is 5.78. The highest BCUT2D eigenvalue weighted by atomic mass is 16.4. The zero-order valence-electron chi connectivity index (χ0n) is 9.90. The smallest absolute Gasteiger partial charge is 0.306 e. The SMILES string of the molecule is CC(C)(N)CC(=O)N1CCC(C(=O)O)CC1. The molecule has 1 aliphatic rings. The number of likely N-dealkylation sites (tertiary alicyclic amines) is 1. The normalized spacial score (nSPS) is 18.6. The summed E-state index contributed by atoms with van der Waals surface area (Å²) in [5.41, 5.74) is 5.28. The quantitative estimate of drug-likeness (QED) is 0.734. The third kappa shape index (κ3) is 3.81. The summed E-state index contributed by atoms with van der Waals surface area (Å²) in [5, 5.41) is 8.83. The summed E-state index contributed by atoms with van der Waals surface area (Å²) in [5.74, 6) is -1.03. The molecular weight excluding hydrogens is 208 g/mol. The molecule has 0 radical (unpaired) electrons. The van der Waals surface area contributed by atoms with Gasteiger partial charge in [-0.1, -0.05) is 0 Å². The summed E-state index contributed by atoms with van der Waals surface area (Å²) in [6.07, 6.45) is 1.41. The second kappa shape index (κ2) is 4.82. The second-order valence-electron chi connectivity index (χ2n) is 5.16. The Morgan fingerprint density at radius 1 is 1.38 bits per heavy atom. The third-order valence-electron chi connectivity index (χ3n) is 2.80. The van der Waals surface area contributed by atoms with Crippen LogP contribution in [-0.4, -0.2) is 40.5 Å². The van der Waals surface area contributed by atoms with Gasteiger partial charge in [0.2, 0.25) is 5.91 Å². The molecule has 92 valence electrons. The molecule has 1 heterocycles. The number of aliphatic carboxylic acids is 1. The maximum Gasteiger partial charge on any atom is 0.306 e. The minimum Gasteiger partial charge on any atom is -0.481 e. The number of hydrogen-bond acceptors (Lipinski definition) is 3. The molecule has 5 heteroatoms. The highest BCUT2D eigenvalue weighted by Crippen LogP contribution is 2.19. The lowest BCUT2D eigenvalue weighted by Gasteiger charge is -2.32. The Labute approximate surface area is 95.6 Å². The van der Waals surface area contributed by atoms with Crippen LogP contribution in [0.2, 0.25) is 0 Å². The lowest BCUT2D eigenvalue weighted by atomic mass is 9.95. The van der Waals surface area contributed by atoms with Gasteiger partial charge in [-0.25, -0.2) is 0 Å². The van der Waals surface area contributed by atoms with Crippen molar-refractivity contribution in [3.8, 4) is 0 Å². The molecule has 1 fully saturated rings. The molecule has 0 aromatic rings. The van der Waals surface area contributed by atoms with Crippen LogP contribution in [0.3, 0.4) is 0 Å². The van der Waals surface area contributed by atoms with Crippen LogP contribution in [-0.2, 0) is 9.59 Å². The summed E-state index contributed by atoms with van der Waals surface area (Å²) in [7, 11) is 0. The van der Waals surface area contributed by atoms with E-state index in [1.807, 2.05) is 13.8 Å². The molecule has 5 nitrogen and oxygen atoms in total. The number of amides is 1. The standard InChI is InChI=1S/C11H20N2O3/c1-11(2,12)7-9(14)13-5-3-8(4-6-13)10(15)16/h8H,3-7,12H2,1-2H3,(H,15,16). The van der Waals surface area contributed by atoms with Crippen molar-refractivity contribution in [2.24, 2.45) is 11.7 Å². The molecule has 0 bridgehead atoms. The van der Waals surface area contributed by atoms with Gasteiger partial charge in [0.05, 0.1) is 5.92 Å². The Kier molecular flexibility index (Phi) is 3.91. The maximum atomic E-state index is 11.8. The van der Waals surface area contributed by atoms with Crippen molar-refractivity contribution in [3.05, 3.63) is 0 Å². The third-order valence-corrected chi connectivity index (χ3v) is 2.80. The minimum atomic E-state index is -0.758.